The van der Waals surface area contributed by atoms with Crippen molar-refractivity contribution in [1.82, 2.24) is 9.55 Å². The molecule has 1 unspecified atom stereocenters. The zero-order chi connectivity index (χ0) is 32.4. The number of ether oxygens (including phenoxy) is 2. The van der Waals surface area contributed by atoms with E-state index in [4.69, 9.17) is 13.9 Å². The van der Waals surface area contributed by atoms with E-state index in [2.05, 4.69) is 68.4 Å². The molecule has 0 bridgehead atoms. The molecule has 1 fully saturated rings. The van der Waals surface area contributed by atoms with Gasteiger partial charge >= 0.3 is 5.69 Å². The lowest BCUT2D eigenvalue weighted by Gasteiger charge is -2.39. The standard InChI is InChI=1S/C36H45N3O5Si/c1-25(40)30-24-31(44-45(6,7)35(2,3)4)33(43-30)39-23-22-32(37-34(39)41)38-36(26-14-10-8-11-15-26,27-16-12-9-13-17-27)28-18-20-29(42-5)21-19-28/h8-23,25,30-31,33,40H,24H2,1-7H3,(H,37,38,41)/t25-,30?,31+,33+/m0/s1. The van der Waals surface area contributed by atoms with E-state index in [-0.39, 0.29) is 5.04 Å². The molecule has 1 aromatic heterocycles. The van der Waals surface area contributed by atoms with E-state index < -0.39 is 44.1 Å². The van der Waals surface area contributed by atoms with Crippen molar-refractivity contribution < 1.29 is 19.0 Å². The van der Waals surface area contributed by atoms with Gasteiger partial charge in [0.2, 0.25) is 0 Å². The second-order valence-electron chi connectivity index (χ2n) is 13.3. The molecule has 4 atom stereocenters. The number of benzene rings is 3. The Labute approximate surface area is 267 Å². The third-order valence-electron chi connectivity index (χ3n) is 9.24. The average molecular weight is 628 g/mol. The minimum absolute atomic E-state index is 0.0306. The van der Waals surface area contributed by atoms with Gasteiger partial charge in [-0.3, -0.25) is 4.57 Å². The summed E-state index contributed by atoms with van der Waals surface area (Å²) in [4.78, 5) is 18.3. The number of hydrogen-bond donors (Lipinski definition) is 2. The van der Waals surface area contributed by atoms with Crippen LogP contribution in [0.4, 0.5) is 5.82 Å². The van der Waals surface area contributed by atoms with E-state index in [1.807, 2.05) is 60.7 Å². The molecule has 2 N–H and O–H groups in total. The molecule has 8 nitrogen and oxygen atoms in total. The largest absolute Gasteiger partial charge is 0.497 e. The Morgan fingerprint density at radius 1 is 0.933 bits per heavy atom. The van der Waals surface area contributed by atoms with Crippen LogP contribution in [0.25, 0.3) is 0 Å². The number of aliphatic hydroxyl groups excluding tert-OH is 1. The van der Waals surface area contributed by atoms with Gasteiger partial charge in [-0.25, -0.2) is 4.79 Å². The van der Waals surface area contributed by atoms with Crippen LogP contribution in [-0.2, 0) is 14.7 Å². The van der Waals surface area contributed by atoms with Crippen molar-refractivity contribution in [2.24, 2.45) is 0 Å². The van der Waals surface area contributed by atoms with Crippen LogP contribution in [0.5, 0.6) is 5.75 Å². The van der Waals surface area contributed by atoms with Gasteiger partial charge in [0, 0.05) is 12.6 Å². The van der Waals surface area contributed by atoms with Gasteiger partial charge in [-0.2, -0.15) is 4.98 Å². The highest BCUT2D eigenvalue weighted by atomic mass is 28.4. The molecule has 1 saturated heterocycles. The molecule has 45 heavy (non-hydrogen) atoms. The first-order chi connectivity index (χ1) is 21.4. The minimum atomic E-state index is -2.21. The van der Waals surface area contributed by atoms with E-state index in [1.54, 1.807) is 26.3 Å². The van der Waals surface area contributed by atoms with Crippen LogP contribution in [0.3, 0.4) is 0 Å². The van der Waals surface area contributed by atoms with Crippen molar-refractivity contribution in [3.8, 4) is 5.75 Å². The van der Waals surface area contributed by atoms with Crippen LogP contribution in [0, 0.1) is 0 Å². The van der Waals surface area contributed by atoms with Crippen LogP contribution in [-0.4, -0.2) is 48.4 Å². The summed E-state index contributed by atoms with van der Waals surface area (Å²) in [7, 11) is -0.561. The summed E-state index contributed by atoms with van der Waals surface area (Å²) in [5.41, 5.74) is 1.57. The first-order valence-corrected chi connectivity index (χ1v) is 18.4. The Kier molecular flexibility index (Phi) is 9.37. The zero-order valence-electron chi connectivity index (χ0n) is 27.2. The van der Waals surface area contributed by atoms with E-state index in [9.17, 15) is 9.90 Å². The summed E-state index contributed by atoms with van der Waals surface area (Å²) in [6.45, 7) is 12.6. The van der Waals surface area contributed by atoms with Crippen LogP contribution in [0.15, 0.2) is 102 Å². The van der Waals surface area contributed by atoms with Gasteiger partial charge in [0.1, 0.15) is 17.1 Å². The lowest BCUT2D eigenvalue weighted by atomic mass is 9.77. The Balaban J connectivity index is 1.58. The molecule has 4 aromatic rings. The molecule has 0 radical (unpaired) electrons. The topological polar surface area (TPSA) is 94.8 Å². The van der Waals surface area contributed by atoms with E-state index >= 15 is 0 Å². The van der Waals surface area contributed by atoms with Crippen LogP contribution >= 0.6 is 0 Å². The summed E-state index contributed by atoms with van der Waals surface area (Å²) in [5, 5.41) is 14.0. The summed E-state index contributed by atoms with van der Waals surface area (Å²) >= 11 is 0. The van der Waals surface area contributed by atoms with Gasteiger partial charge in [-0.15, -0.1) is 0 Å². The molecule has 1 aliphatic heterocycles. The smallest absolute Gasteiger partial charge is 0.351 e. The monoisotopic (exact) mass is 627 g/mol. The van der Waals surface area contributed by atoms with Gasteiger partial charge in [0.05, 0.1) is 25.4 Å². The number of rotatable bonds is 10. The first kappa shape index (κ1) is 32.6. The fraction of sp³-hybridized carbons (Fsp3) is 0.389. The second kappa shape index (κ2) is 12.9. The molecule has 2 heterocycles. The maximum atomic E-state index is 13.8. The molecular weight excluding hydrogens is 582 g/mol. The van der Waals surface area contributed by atoms with Crippen molar-refractivity contribution in [1.29, 1.82) is 0 Å². The van der Waals surface area contributed by atoms with Crippen molar-refractivity contribution in [2.45, 2.75) is 82.3 Å². The number of methoxy groups -OCH3 is 1. The normalized spacial score (nSPS) is 19.7. The van der Waals surface area contributed by atoms with Crippen molar-refractivity contribution in [3.63, 3.8) is 0 Å². The highest BCUT2D eigenvalue weighted by Crippen LogP contribution is 2.43. The quantitative estimate of drug-likeness (QED) is 0.149. The SMILES string of the molecule is COc1ccc(C(Nc2ccn([C@@H]3OC([C@H](C)O)C[C@H]3O[Si](C)(C)C(C)(C)C)c(=O)n2)(c2ccccc2)c2ccccc2)cc1. The Morgan fingerprint density at radius 3 is 1.98 bits per heavy atom. The molecule has 0 saturated carbocycles. The molecular formula is C36H45N3O5Si. The maximum absolute atomic E-state index is 13.8. The minimum Gasteiger partial charge on any atom is -0.497 e. The van der Waals surface area contributed by atoms with E-state index in [0.29, 0.717) is 12.2 Å². The Morgan fingerprint density at radius 2 is 1.49 bits per heavy atom. The predicted molar refractivity (Wildman–Crippen MR) is 180 cm³/mol. The highest BCUT2D eigenvalue weighted by molar-refractivity contribution is 6.74. The molecule has 0 amide bonds. The first-order valence-electron chi connectivity index (χ1n) is 15.5. The summed E-state index contributed by atoms with van der Waals surface area (Å²) < 4.78 is 20.0. The van der Waals surface area contributed by atoms with Crippen LogP contribution < -0.4 is 15.7 Å². The molecule has 5 rings (SSSR count). The molecule has 1 aliphatic rings. The third-order valence-corrected chi connectivity index (χ3v) is 13.7. The van der Waals surface area contributed by atoms with E-state index in [0.717, 1.165) is 22.4 Å². The van der Waals surface area contributed by atoms with Crippen molar-refractivity contribution in [2.75, 3.05) is 12.4 Å². The summed E-state index contributed by atoms with van der Waals surface area (Å²) in [5.74, 6) is 1.16. The molecule has 238 valence electrons. The lowest BCUT2D eigenvalue weighted by molar-refractivity contribution is -0.0711. The fourth-order valence-corrected chi connectivity index (χ4v) is 7.01. The fourth-order valence-electron chi connectivity index (χ4n) is 5.69. The molecule has 9 heteroatoms. The second-order valence-corrected chi connectivity index (χ2v) is 18.1. The number of hydrogen-bond acceptors (Lipinski definition) is 7. The predicted octanol–water partition coefficient (Wildman–Crippen LogP) is 6.71. The number of nitrogens with zero attached hydrogens (tertiary/aromatic N) is 2. The van der Waals surface area contributed by atoms with Crippen molar-refractivity contribution >= 4 is 14.1 Å². The summed E-state index contributed by atoms with van der Waals surface area (Å²) in [6, 6.07) is 30.0. The molecule has 0 spiro atoms. The Hall–Kier alpha value is -3.76. The molecule has 3 aromatic carbocycles. The van der Waals surface area contributed by atoms with Gasteiger partial charge in [-0.05, 0) is 59.9 Å². The van der Waals surface area contributed by atoms with Crippen LogP contribution in [0.2, 0.25) is 18.1 Å². The highest BCUT2D eigenvalue weighted by Gasteiger charge is 2.46. The number of anilines is 1. The van der Waals surface area contributed by atoms with Gasteiger partial charge in [0.25, 0.3) is 0 Å². The molecule has 0 aliphatic carbocycles. The van der Waals surface area contributed by atoms with Gasteiger partial charge in [0.15, 0.2) is 14.5 Å². The maximum Gasteiger partial charge on any atom is 0.351 e. The zero-order valence-corrected chi connectivity index (χ0v) is 28.2. The third kappa shape index (κ3) is 6.62. The lowest BCUT2D eigenvalue weighted by Crippen LogP contribution is -2.46. The number of aliphatic hydroxyl groups is 1. The average Bonchev–Trinajstić information content (AvgIpc) is 3.43. The van der Waals surface area contributed by atoms with E-state index in [1.165, 1.54) is 4.57 Å². The van der Waals surface area contributed by atoms with Crippen molar-refractivity contribution in [3.05, 3.63) is 124 Å². The number of nitrogens with one attached hydrogen (secondary N) is 1. The summed E-state index contributed by atoms with van der Waals surface area (Å²) in [6.07, 6.45) is -0.0496. The van der Waals surface area contributed by atoms with Gasteiger partial charge in [-0.1, -0.05) is 93.6 Å². The number of aromatic nitrogens is 2. The Bertz CT molecular complexity index is 1580. The van der Waals surface area contributed by atoms with Crippen LogP contribution in [0.1, 0.15) is 57.0 Å². The van der Waals surface area contributed by atoms with Gasteiger partial charge < -0.3 is 24.3 Å².